The van der Waals surface area contributed by atoms with E-state index in [0.29, 0.717) is 6.04 Å². The van der Waals surface area contributed by atoms with Crippen LogP contribution in [0.1, 0.15) is 32.2 Å². The third kappa shape index (κ3) is 1.35. The second-order valence-electron chi connectivity index (χ2n) is 5.25. The molecule has 0 spiro atoms. The third-order valence-electron chi connectivity index (χ3n) is 2.99. The van der Waals surface area contributed by atoms with Gasteiger partial charge in [-0.15, -0.1) is 0 Å². The van der Waals surface area contributed by atoms with Crippen LogP contribution in [0.5, 0.6) is 0 Å². The van der Waals surface area contributed by atoms with Crippen molar-refractivity contribution >= 4 is 11.6 Å². The zero-order valence-corrected chi connectivity index (χ0v) is 9.39. The molecule has 4 heteroatoms. The Morgan fingerprint density at radius 2 is 2.00 bits per heavy atom. The van der Waals surface area contributed by atoms with Crippen molar-refractivity contribution in [3.8, 4) is 0 Å². The van der Waals surface area contributed by atoms with Gasteiger partial charge < -0.3 is 10.6 Å². The topological polar surface area (TPSA) is 49.8 Å². The van der Waals surface area contributed by atoms with E-state index in [9.17, 15) is 0 Å². The van der Waals surface area contributed by atoms with E-state index in [1.807, 2.05) is 0 Å². The molecular weight excluding hydrogens is 188 g/mol. The van der Waals surface area contributed by atoms with Gasteiger partial charge in [0.05, 0.1) is 11.4 Å². The SMILES string of the molecule is CC1Cc2nc3c(nc2N1)NC(C)(C)C3. The molecule has 0 fully saturated rings. The summed E-state index contributed by atoms with van der Waals surface area (Å²) in [6, 6.07) is 0.468. The summed E-state index contributed by atoms with van der Waals surface area (Å²) < 4.78 is 0. The fourth-order valence-electron chi connectivity index (χ4n) is 2.35. The lowest BCUT2D eigenvalue weighted by atomic mass is 10.0. The van der Waals surface area contributed by atoms with Gasteiger partial charge in [0, 0.05) is 24.4 Å². The normalized spacial score (nSPS) is 25.4. The second kappa shape index (κ2) is 2.62. The number of aromatic nitrogens is 2. The van der Waals surface area contributed by atoms with Gasteiger partial charge in [-0.25, -0.2) is 9.97 Å². The average Bonchev–Trinajstić information content (AvgIpc) is 2.55. The van der Waals surface area contributed by atoms with Gasteiger partial charge in [0.15, 0.2) is 11.6 Å². The van der Waals surface area contributed by atoms with E-state index >= 15 is 0 Å². The van der Waals surface area contributed by atoms with Gasteiger partial charge in [0.2, 0.25) is 0 Å². The van der Waals surface area contributed by atoms with Crippen LogP contribution in [-0.4, -0.2) is 21.5 Å². The first-order chi connectivity index (χ1) is 7.03. The Kier molecular flexibility index (Phi) is 1.56. The molecule has 3 heterocycles. The predicted molar refractivity (Wildman–Crippen MR) is 60.2 cm³/mol. The highest BCUT2D eigenvalue weighted by Crippen LogP contribution is 2.33. The molecule has 0 aliphatic carbocycles. The first-order valence-corrected chi connectivity index (χ1v) is 5.48. The summed E-state index contributed by atoms with van der Waals surface area (Å²) in [4.78, 5) is 9.29. The van der Waals surface area contributed by atoms with Gasteiger partial charge in [-0.3, -0.25) is 0 Å². The summed E-state index contributed by atoms with van der Waals surface area (Å²) in [5, 5.41) is 6.75. The number of hydrogen-bond acceptors (Lipinski definition) is 4. The van der Waals surface area contributed by atoms with E-state index in [2.05, 4.69) is 36.4 Å². The molecule has 0 saturated heterocycles. The fourth-order valence-corrected chi connectivity index (χ4v) is 2.35. The van der Waals surface area contributed by atoms with Crippen LogP contribution in [0.3, 0.4) is 0 Å². The van der Waals surface area contributed by atoms with Crippen LogP contribution in [-0.2, 0) is 12.8 Å². The monoisotopic (exact) mass is 204 g/mol. The summed E-state index contributed by atoms with van der Waals surface area (Å²) in [5.41, 5.74) is 2.35. The van der Waals surface area contributed by atoms with Gasteiger partial charge in [-0.05, 0) is 20.8 Å². The summed E-state index contributed by atoms with van der Waals surface area (Å²) in [7, 11) is 0. The Hall–Kier alpha value is -1.32. The van der Waals surface area contributed by atoms with Crippen LogP contribution >= 0.6 is 0 Å². The van der Waals surface area contributed by atoms with Crippen molar-refractivity contribution in [2.75, 3.05) is 10.6 Å². The quantitative estimate of drug-likeness (QED) is 0.673. The first-order valence-electron chi connectivity index (χ1n) is 5.48. The first kappa shape index (κ1) is 8.95. The molecule has 0 bridgehead atoms. The van der Waals surface area contributed by atoms with Crippen molar-refractivity contribution in [3.05, 3.63) is 11.4 Å². The van der Waals surface area contributed by atoms with Crippen LogP contribution in [0.15, 0.2) is 0 Å². The van der Waals surface area contributed by atoms with Crippen molar-refractivity contribution in [2.45, 2.75) is 45.2 Å². The van der Waals surface area contributed by atoms with E-state index in [-0.39, 0.29) is 5.54 Å². The molecule has 2 aliphatic rings. The number of anilines is 2. The molecule has 0 radical (unpaired) electrons. The summed E-state index contributed by atoms with van der Waals surface area (Å²) in [6.45, 7) is 6.51. The molecule has 15 heavy (non-hydrogen) atoms. The molecular formula is C11H16N4. The van der Waals surface area contributed by atoms with Gasteiger partial charge in [-0.2, -0.15) is 0 Å². The Balaban J connectivity index is 2.03. The van der Waals surface area contributed by atoms with E-state index in [0.717, 1.165) is 35.9 Å². The van der Waals surface area contributed by atoms with Crippen molar-refractivity contribution in [3.63, 3.8) is 0 Å². The van der Waals surface area contributed by atoms with E-state index < -0.39 is 0 Å². The van der Waals surface area contributed by atoms with Crippen LogP contribution < -0.4 is 10.6 Å². The molecule has 0 aromatic carbocycles. The molecule has 2 aliphatic heterocycles. The largest absolute Gasteiger partial charge is 0.366 e. The lowest BCUT2D eigenvalue weighted by molar-refractivity contribution is 0.587. The lowest BCUT2D eigenvalue weighted by Crippen LogP contribution is -2.27. The number of rotatable bonds is 0. The molecule has 1 aromatic rings. The van der Waals surface area contributed by atoms with Crippen molar-refractivity contribution in [1.29, 1.82) is 0 Å². The average molecular weight is 204 g/mol. The summed E-state index contributed by atoms with van der Waals surface area (Å²) >= 11 is 0. The van der Waals surface area contributed by atoms with E-state index in [1.165, 1.54) is 0 Å². The fraction of sp³-hybridized carbons (Fsp3) is 0.636. The maximum atomic E-state index is 4.69. The van der Waals surface area contributed by atoms with Crippen molar-refractivity contribution in [2.24, 2.45) is 0 Å². The summed E-state index contributed by atoms with van der Waals surface area (Å²) in [5.74, 6) is 1.92. The van der Waals surface area contributed by atoms with Crippen LogP contribution in [0.2, 0.25) is 0 Å². The minimum absolute atomic E-state index is 0.100. The molecule has 4 nitrogen and oxygen atoms in total. The molecule has 0 saturated carbocycles. The molecule has 2 N–H and O–H groups in total. The van der Waals surface area contributed by atoms with Crippen LogP contribution in [0.4, 0.5) is 11.6 Å². The molecule has 1 unspecified atom stereocenters. The van der Waals surface area contributed by atoms with Crippen LogP contribution in [0, 0.1) is 0 Å². The third-order valence-corrected chi connectivity index (χ3v) is 2.99. The Morgan fingerprint density at radius 1 is 1.20 bits per heavy atom. The molecule has 0 amide bonds. The molecule has 3 rings (SSSR count). The van der Waals surface area contributed by atoms with Crippen molar-refractivity contribution < 1.29 is 0 Å². The number of nitrogens with zero attached hydrogens (tertiary/aromatic N) is 2. The Labute approximate surface area is 89.5 Å². The lowest BCUT2D eigenvalue weighted by Gasteiger charge is -2.16. The molecule has 1 atom stereocenters. The van der Waals surface area contributed by atoms with Crippen LogP contribution in [0.25, 0.3) is 0 Å². The van der Waals surface area contributed by atoms with Gasteiger partial charge >= 0.3 is 0 Å². The summed E-state index contributed by atoms with van der Waals surface area (Å²) in [6.07, 6.45) is 1.97. The highest BCUT2D eigenvalue weighted by Gasteiger charge is 2.32. The highest BCUT2D eigenvalue weighted by molar-refractivity contribution is 5.58. The standard InChI is InChI=1S/C11H16N4/c1-6-4-7-9(12-6)14-10-8(13-7)5-11(2,3)15-10/h6H,4-5H2,1-3H3,(H2,12,14,15). The number of hydrogen-bond donors (Lipinski definition) is 2. The predicted octanol–water partition coefficient (Wildman–Crippen LogP) is 1.58. The molecule has 80 valence electrons. The van der Waals surface area contributed by atoms with E-state index in [1.54, 1.807) is 0 Å². The van der Waals surface area contributed by atoms with Gasteiger partial charge in [0.1, 0.15) is 0 Å². The Morgan fingerprint density at radius 3 is 2.80 bits per heavy atom. The van der Waals surface area contributed by atoms with E-state index in [4.69, 9.17) is 4.98 Å². The maximum Gasteiger partial charge on any atom is 0.150 e. The zero-order valence-electron chi connectivity index (χ0n) is 9.39. The number of fused-ring (bicyclic) bond motifs is 2. The minimum atomic E-state index is 0.100. The Bertz CT molecular complexity index is 388. The minimum Gasteiger partial charge on any atom is -0.366 e. The molecule has 1 aromatic heterocycles. The number of nitrogens with one attached hydrogen (secondary N) is 2. The second-order valence-corrected chi connectivity index (χ2v) is 5.25. The zero-order chi connectivity index (χ0) is 10.6. The smallest absolute Gasteiger partial charge is 0.150 e. The van der Waals surface area contributed by atoms with Gasteiger partial charge in [0.25, 0.3) is 0 Å². The highest BCUT2D eigenvalue weighted by atomic mass is 15.2. The maximum absolute atomic E-state index is 4.69. The van der Waals surface area contributed by atoms with Crippen molar-refractivity contribution in [1.82, 2.24) is 9.97 Å². The van der Waals surface area contributed by atoms with Gasteiger partial charge in [-0.1, -0.05) is 0 Å².